The summed E-state index contributed by atoms with van der Waals surface area (Å²) >= 11 is 0. The van der Waals surface area contributed by atoms with Crippen molar-refractivity contribution in [3.05, 3.63) is 60.2 Å². The molecule has 0 aliphatic rings. The van der Waals surface area contributed by atoms with E-state index in [1.807, 2.05) is 49.5 Å². The van der Waals surface area contributed by atoms with E-state index in [1.165, 1.54) is 0 Å². The first kappa shape index (κ1) is 13.1. The maximum absolute atomic E-state index is 11.6. The van der Waals surface area contributed by atoms with Gasteiger partial charge in [-0.1, -0.05) is 30.3 Å². The molecule has 0 bridgehead atoms. The Kier molecular flexibility index (Phi) is 4.53. The number of anilines is 1. The molecular formula is C15H16N2O2. The molecule has 0 aliphatic carbocycles. The summed E-state index contributed by atoms with van der Waals surface area (Å²) < 4.78 is 5.13. The van der Waals surface area contributed by atoms with Gasteiger partial charge in [0.25, 0.3) is 0 Å². The third-order valence-electron chi connectivity index (χ3n) is 2.53. The highest BCUT2D eigenvalue weighted by Gasteiger charge is 2.04. The summed E-state index contributed by atoms with van der Waals surface area (Å²) in [6.45, 7) is 0.800. The molecule has 2 aromatic carbocycles. The Hall–Kier alpha value is -2.33. The molecule has 0 saturated carbocycles. The first-order chi connectivity index (χ1) is 9.28. The van der Waals surface area contributed by atoms with Crippen molar-refractivity contribution in [1.82, 2.24) is 5.32 Å². The highest BCUT2D eigenvalue weighted by molar-refractivity contribution is 5.86. The monoisotopic (exact) mass is 256 g/mol. The topological polar surface area (TPSA) is 50.4 Å². The van der Waals surface area contributed by atoms with Crippen LogP contribution < -0.4 is 15.4 Å². The highest BCUT2D eigenvalue weighted by atomic mass is 16.6. The lowest BCUT2D eigenvalue weighted by Crippen LogP contribution is -2.16. The first-order valence-corrected chi connectivity index (χ1v) is 6.05. The normalized spacial score (nSPS) is 9.95. The fourth-order valence-corrected chi connectivity index (χ4v) is 1.65. The van der Waals surface area contributed by atoms with E-state index in [-0.39, 0.29) is 0 Å². The highest BCUT2D eigenvalue weighted by Crippen LogP contribution is 2.12. The van der Waals surface area contributed by atoms with Crippen LogP contribution >= 0.6 is 0 Å². The van der Waals surface area contributed by atoms with Crippen LogP contribution in [0.25, 0.3) is 0 Å². The number of nitrogens with one attached hydrogen (secondary N) is 2. The molecule has 4 heteroatoms. The lowest BCUT2D eigenvalue weighted by Gasteiger charge is -2.07. The van der Waals surface area contributed by atoms with Gasteiger partial charge in [0.05, 0.1) is 0 Å². The molecule has 0 radical (unpaired) electrons. The Morgan fingerprint density at radius 2 is 1.74 bits per heavy atom. The van der Waals surface area contributed by atoms with Gasteiger partial charge in [-0.25, -0.2) is 4.79 Å². The second-order valence-corrected chi connectivity index (χ2v) is 4.05. The average Bonchev–Trinajstić information content (AvgIpc) is 2.42. The molecule has 0 saturated heterocycles. The SMILES string of the molecule is CNCc1ccc(NC(=O)Oc2ccccc2)cc1. The Balaban J connectivity index is 1.91. The summed E-state index contributed by atoms with van der Waals surface area (Å²) in [6.07, 6.45) is -0.493. The number of hydrogen-bond donors (Lipinski definition) is 2. The summed E-state index contributed by atoms with van der Waals surface area (Å²) in [7, 11) is 1.89. The zero-order valence-electron chi connectivity index (χ0n) is 10.7. The lowest BCUT2D eigenvalue weighted by molar-refractivity contribution is 0.215. The van der Waals surface area contributed by atoms with E-state index < -0.39 is 6.09 Å². The van der Waals surface area contributed by atoms with Crippen molar-refractivity contribution < 1.29 is 9.53 Å². The Morgan fingerprint density at radius 1 is 1.05 bits per heavy atom. The van der Waals surface area contributed by atoms with Gasteiger partial charge in [-0.05, 0) is 36.9 Å². The van der Waals surface area contributed by atoms with Gasteiger partial charge in [0.15, 0.2) is 0 Å². The van der Waals surface area contributed by atoms with Crippen LogP contribution in [0.5, 0.6) is 5.75 Å². The van der Waals surface area contributed by atoms with E-state index in [2.05, 4.69) is 10.6 Å². The molecule has 0 aromatic heterocycles. The molecule has 0 fully saturated rings. The Morgan fingerprint density at radius 3 is 2.37 bits per heavy atom. The zero-order valence-corrected chi connectivity index (χ0v) is 10.7. The van der Waals surface area contributed by atoms with Gasteiger partial charge in [-0.15, -0.1) is 0 Å². The molecular weight excluding hydrogens is 240 g/mol. The minimum atomic E-state index is -0.493. The van der Waals surface area contributed by atoms with Crippen molar-refractivity contribution in [1.29, 1.82) is 0 Å². The molecule has 2 N–H and O–H groups in total. The molecule has 4 nitrogen and oxygen atoms in total. The van der Waals surface area contributed by atoms with Crippen molar-refractivity contribution in [3.63, 3.8) is 0 Å². The minimum Gasteiger partial charge on any atom is -0.410 e. The van der Waals surface area contributed by atoms with Crippen LogP contribution in [0.15, 0.2) is 54.6 Å². The largest absolute Gasteiger partial charge is 0.417 e. The summed E-state index contributed by atoms with van der Waals surface area (Å²) in [5.74, 6) is 0.520. The van der Waals surface area contributed by atoms with Crippen LogP contribution in [-0.4, -0.2) is 13.1 Å². The van der Waals surface area contributed by atoms with Gasteiger partial charge in [-0.3, -0.25) is 5.32 Å². The quantitative estimate of drug-likeness (QED) is 0.884. The number of carbonyl (C=O) groups excluding carboxylic acids is 1. The zero-order chi connectivity index (χ0) is 13.5. The van der Waals surface area contributed by atoms with E-state index >= 15 is 0 Å². The molecule has 0 unspecified atom stereocenters. The third kappa shape index (κ3) is 4.12. The minimum absolute atomic E-state index is 0.493. The Labute approximate surface area is 112 Å². The van der Waals surface area contributed by atoms with Gasteiger partial charge < -0.3 is 10.1 Å². The average molecular weight is 256 g/mol. The summed E-state index contributed by atoms with van der Waals surface area (Å²) in [4.78, 5) is 11.6. The fraction of sp³-hybridized carbons (Fsp3) is 0.133. The molecule has 0 heterocycles. The van der Waals surface area contributed by atoms with E-state index in [1.54, 1.807) is 12.1 Å². The van der Waals surface area contributed by atoms with Crippen LogP contribution in [0.3, 0.4) is 0 Å². The molecule has 0 spiro atoms. The van der Waals surface area contributed by atoms with Gasteiger partial charge in [0.2, 0.25) is 0 Å². The Bertz CT molecular complexity index is 524. The van der Waals surface area contributed by atoms with Gasteiger partial charge in [-0.2, -0.15) is 0 Å². The first-order valence-electron chi connectivity index (χ1n) is 6.05. The molecule has 0 atom stereocenters. The van der Waals surface area contributed by atoms with E-state index in [4.69, 9.17) is 4.74 Å². The number of benzene rings is 2. The van der Waals surface area contributed by atoms with Crippen LogP contribution in [-0.2, 0) is 6.54 Å². The van der Waals surface area contributed by atoms with Crippen LogP contribution in [0.1, 0.15) is 5.56 Å². The second kappa shape index (κ2) is 6.56. The van der Waals surface area contributed by atoms with Crippen molar-refractivity contribution in [2.75, 3.05) is 12.4 Å². The van der Waals surface area contributed by atoms with Crippen molar-refractivity contribution >= 4 is 11.8 Å². The number of hydrogen-bond acceptors (Lipinski definition) is 3. The molecule has 1 amide bonds. The fourth-order valence-electron chi connectivity index (χ4n) is 1.65. The van der Waals surface area contributed by atoms with Crippen molar-refractivity contribution in [3.8, 4) is 5.75 Å². The number of amides is 1. The summed E-state index contributed by atoms with van der Waals surface area (Å²) in [5, 5.41) is 5.74. The smallest absolute Gasteiger partial charge is 0.410 e. The van der Waals surface area contributed by atoms with Gasteiger partial charge in [0.1, 0.15) is 5.75 Å². The number of rotatable bonds is 4. The van der Waals surface area contributed by atoms with E-state index in [0.717, 1.165) is 12.1 Å². The molecule has 0 aliphatic heterocycles. The number of ether oxygens (including phenoxy) is 1. The molecule has 2 aromatic rings. The molecule has 98 valence electrons. The van der Waals surface area contributed by atoms with E-state index in [0.29, 0.717) is 11.4 Å². The maximum atomic E-state index is 11.6. The van der Waals surface area contributed by atoms with Gasteiger partial charge >= 0.3 is 6.09 Å². The van der Waals surface area contributed by atoms with Crippen LogP contribution in [0.2, 0.25) is 0 Å². The number of para-hydroxylation sites is 1. The van der Waals surface area contributed by atoms with E-state index in [9.17, 15) is 4.79 Å². The van der Waals surface area contributed by atoms with Gasteiger partial charge in [0, 0.05) is 12.2 Å². The third-order valence-corrected chi connectivity index (χ3v) is 2.53. The molecule has 19 heavy (non-hydrogen) atoms. The predicted octanol–water partition coefficient (Wildman–Crippen LogP) is 3.02. The summed E-state index contributed by atoms with van der Waals surface area (Å²) in [6, 6.07) is 16.6. The van der Waals surface area contributed by atoms with Crippen LogP contribution in [0, 0.1) is 0 Å². The molecule has 2 rings (SSSR count). The van der Waals surface area contributed by atoms with Crippen molar-refractivity contribution in [2.45, 2.75) is 6.54 Å². The second-order valence-electron chi connectivity index (χ2n) is 4.05. The van der Waals surface area contributed by atoms with Crippen molar-refractivity contribution in [2.24, 2.45) is 0 Å². The van der Waals surface area contributed by atoms with Crippen LogP contribution in [0.4, 0.5) is 10.5 Å². The maximum Gasteiger partial charge on any atom is 0.417 e. The lowest BCUT2D eigenvalue weighted by atomic mass is 10.2. The standard InChI is InChI=1S/C15H16N2O2/c1-16-11-12-7-9-13(10-8-12)17-15(18)19-14-5-3-2-4-6-14/h2-10,16H,11H2,1H3,(H,17,18). The number of carbonyl (C=O) groups is 1. The summed E-state index contributed by atoms with van der Waals surface area (Å²) in [5.41, 5.74) is 1.87. The predicted molar refractivity (Wildman–Crippen MR) is 75.3 cm³/mol.